The number of hydrogen-bond donors (Lipinski definition) is 1. The van der Waals surface area contributed by atoms with Crippen LogP contribution < -0.4 is 5.32 Å². The first-order chi connectivity index (χ1) is 10.8. The minimum absolute atomic E-state index is 0.0478. The van der Waals surface area contributed by atoms with E-state index in [0.717, 1.165) is 56.0 Å². The molecule has 0 aromatic carbocycles. The second-order valence-corrected chi connectivity index (χ2v) is 6.16. The minimum atomic E-state index is 0.0478. The third-order valence-corrected chi connectivity index (χ3v) is 4.95. The molecular formula is C16H20N4O2. The summed E-state index contributed by atoms with van der Waals surface area (Å²) in [5, 5.41) is 7.56. The molecule has 0 unspecified atom stereocenters. The van der Waals surface area contributed by atoms with Gasteiger partial charge in [0.1, 0.15) is 5.82 Å². The van der Waals surface area contributed by atoms with Gasteiger partial charge >= 0.3 is 0 Å². The number of nitrogens with zero attached hydrogens (tertiary/aromatic N) is 3. The lowest BCUT2D eigenvalue weighted by molar-refractivity contribution is 0.122. The van der Waals surface area contributed by atoms with Crippen LogP contribution in [0.3, 0.4) is 0 Å². The molecule has 0 radical (unpaired) electrons. The summed E-state index contributed by atoms with van der Waals surface area (Å²) in [7, 11) is 1.74. The Balaban J connectivity index is 1.66. The van der Waals surface area contributed by atoms with Crippen molar-refractivity contribution in [1.29, 1.82) is 0 Å². The van der Waals surface area contributed by atoms with E-state index in [4.69, 9.17) is 14.2 Å². The van der Waals surface area contributed by atoms with E-state index >= 15 is 0 Å². The highest BCUT2D eigenvalue weighted by molar-refractivity contribution is 5.68. The molecule has 4 rings (SSSR count). The molecule has 116 valence electrons. The van der Waals surface area contributed by atoms with Crippen LogP contribution in [0, 0.1) is 0 Å². The van der Waals surface area contributed by atoms with Gasteiger partial charge in [0.25, 0.3) is 5.89 Å². The summed E-state index contributed by atoms with van der Waals surface area (Å²) in [5.41, 5.74) is 2.24. The molecule has 1 aliphatic heterocycles. The number of methoxy groups -OCH3 is 1. The Bertz CT molecular complexity index is 679. The first-order valence-electron chi connectivity index (χ1n) is 7.88. The molecule has 1 saturated carbocycles. The van der Waals surface area contributed by atoms with Crippen LogP contribution in [0.25, 0.3) is 11.5 Å². The standard InChI is InChI=1S/C16H20N4O2/c1-21-10-7-16(5-2-6-16)15-19-14(22-20-15)12-4-9-18-13-11(12)3-8-17-13/h4,9H,2-3,5-8,10H2,1H3,(H,17,18). The van der Waals surface area contributed by atoms with Gasteiger partial charge in [-0.25, -0.2) is 4.98 Å². The summed E-state index contributed by atoms with van der Waals surface area (Å²) in [5.74, 6) is 2.39. The maximum Gasteiger partial charge on any atom is 0.258 e. The van der Waals surface area contributed by atoms with Crippen LogP contribution in [0.15, 0.2) is 16.8 Å². The average molecular weight is 300 g/mol. The molecule has 0 bridgehead atoms. The van der Waals surface area contributed by atoms with Gasteiger partial charge in [-0.1, -0.05) is 11.6 Å². The van der Waals surface area contributed by atoms with Gasteiger partial charge in [0.05, 0.1) is 0 Å². The maximum atomic E-state index is 5.58. The summed E-state index contributed by atoms with van der Waals surface area (Å²) < 4.78 is 10.8. The third-order valence-electron chi connectivity index (χ3n) is 4.95. The molecule has 3 heterocycles. The molecule has 2 aliphatic rings. The number of hydrogen-bond acceptors (Lipinski definition) is 6. The Morgan fingerprint density at radius 3 is 3.09 bits per heavy atom. The number of ether oxygens (including phenoxy) is 1. The quantitative estimate of drug-likeness (QED) is 0.915. The lowest BCUT2D eigenvalue weighted by atomic mass is 9.66. The molecule has 0 amide bonds. The van der Waals surface area contributed by atoms with E-state index in [1.807, 2.05) is 6.07 Å². The van der Waals surface area contributed by atoms with Crippen LogP contribution in [-0.2, 0) is 16.6 Å². The van der Waals surface area contributed by atoms with Gasteiger partial charge in [-0.05, 0) is 31.7 Å². The number of fused-ring (bicyclic) bond motifs is 1. The van der Waals surface area contributed by atoms with Gasteiger partial charge in [0.15, 0.2) is 5.82 Å². The van der Waals surface area contributed by atoms with Gasteiger partial charge in [0, 0.05) is 43.0 Å². The topological polar surface area (TPSA) is 73.1 Å². The lowest BCUT2D eigenvalue weighted by Crippen LogP contribution is -2.36. The van der Waals surface area contributed by atoms with Gasteiger partial charge in [0.2, 0.25) is 0 Å². The summed E-state index contributed by atoms with van der Waals surface area (Å²) in [6, 6.07) is 1.96. The molecule has 0 spiro atoms. The monoisotopic (exact) mass is 300 g/mol. The Kier molecular flexibility index (Phi) is 3.33. The summed E-state index contributed by atoms with van der Waals surface area (Å²) in [4.78, 5) is 9.07. The summed E-state index contributed by atoms with van der Waals surface area (Å²) in [6.45, 7) is 1.65. The van der Waals surface area contributed by atoms with Crippen LogP contribution in [0.2, 0.25) is 0 Å². The van der Waals surface area contributed by atoms with E-state index < -0.39 is 0 Å². The predicted octanol–water partition coefficient (Wildman–Crippen LogP) is 2.56. The van der Waals surface area contributed by atoms with Gasteiger partial charge in [-0.15, -0.1) is 0 Å². The molecular weight excluding hydrogens is 280 g/mol. The zero-order valence-corrected chi connectivity index (χ0v) is 12.8. The molecule has 0 atom stereocenters. The van der Waals surface area contributed by atoms with Crippen molar-refractivity contribution in [1.82, 2.24) is 15.1 Å². The molecule has 22 heavy (non-hydrogen) atoms. The summed E-state index contributed by atoms with van der Waals surface area (Å²) in [6.07, 6.45) is 7.16. The lowest BCUT2D eigenvalue weighted by Gasteiger charge is -2.38. The first-order valence-corrected chi connectivity index (χ1v) is 7.88. The maximum absolute atomic E-state index is 5.58. The number of pyridine rings is 1. The van der Waals surface area contributed by atoms with Crippen molar-refractivity contribution in [3.63, 3.8) is 0 Å². The fraction of sp³-hybridized carbons (Fsp3) is 0.562. The van der Waals surface area contributed by atoms with Crippen molar-refractivity contribution >= 4 is 5.82 Å². The Morgan fingerprint density at radius 2 is 2.32 bits per heavy atom. The number of nitrogens with one attached hydrogen (secondary N) is 1. The minimum Gasteiger partial charge on any atom is -0.385 e. The fourth-order valence-electron chi connectivity index (χ4n) is 3.44. The van der Waals surface area contributed by atoms with Crippen molar-refractivity contribution in [3.8, 4) is 11.5 Å². The largest absolute Gasteiger partial charge is 0.385 e. The summed E-state index contributed by atoms with van der Waals surface area (Å²) >= 11 is 0. The van der Waals surface area contributed by atoms with Gasteiger partial charge in [-0.2, -0.15) is 4.98 Å². The SMILES string of the molecule is COCCC1(c2noc(-c3ccnc4c3CCN4)n2)CCC1. The van der Waals surface area contributed by atoms with E-state index in [2.05, 4.69) is 15.5 Å². The molecule has 2 aromatic heterocycles. The van der Waals surface area contributed by atoms with E-state index in [1.54, 1.807) is 13.3 Å². The van der Waals surface area contributed by atoms with Crippen molar-refractivity contribution in [2.24, 2.45) is 0 Å². The van der Waals surface area contributed by atoms with Crippen LogP contribution in [0.4, 0.5) is 5.82 Å². The Labute approximate surface area is 129 Å². The highest BCUT2D eigenvalue weighted by Gasteiger charge is 2.42. The van der Waals surface area contributed by atoms with Crippen molar-refractivity contribution in [3.05, 3.63) is 23.7 Å². The highest BCUT2D eigenvalue weighted by atomic mass is 16.5. The van der Waals surface area contributed by atoms with Crippen LogP contribution in [-0.4, -0.2) is 35.4 Å². The molecule has 2 aromatic rings. The molecule has 1 N–H and O–H groups in total. The van der Waals surface area contributed by atoms with Crippen molar-refractivity contribution in [2.75, 3.05) is 25.6 Å². The van der Waals surface area contributed by atoms with Crippen molar-refractivity contribution < 1.29 is 9.26 Å². The predicted molar refractivity (Wildman–Crippen MR) is 81.7 cm³/mol. The molecule has 1 aliphatic carbocycles. The van der Waals surface area contributed by atoms with Crippen molar-refractivity contribution in [2.45, 2.75) is 37.5 Å². The van der Waals surface area contributed by atoms with E-state index in [-0.39, 0.29) is 5.41 Å². The molecule has 1 fully saturated rings. The van der Waals surface area contributed by atoms with Crippen LogP contribution in [0.1, 0.15) is 37.1 Å². The Hall–Kier alpha value is -1.95. The smallest absolute Gasteiger partial charge is 0.258 e. The third kappa shape index (κ3) is 2.09. The van der Waals surface area contributed by atoms with Gasteiger partial charge in [-0.3, -0.25) is 0 Å². The molecule has 6 nitrogen and oxygen atoms in total. The highest BCUT2D eigenvalue weighted by Crippen LogP contribution is 2.45. The fourth-order valence-corrected chi connectivity index (χ4v) is 3.44. The second-order valence-electron chi connectivity index (χ2n) is 6.16. The number of anilines is 1. The van der Waals surface area contributed by atoms with Gasteiger partial charge < -0.3 is 14.6 Å². The normalized spacial score (nSPS) is 18.6. The van der Waals surface area contributed by atoms with E-state index in [9.17, 15) is 0 Å². The zero-order valence-electron chi connectivity index (χ0n) is 12.8. The van der Waals surface area contributed by atoms with Crippen LogP contribution in [0.5, 0.6) is 0 Å². The van der Waals surface area contributed by atoms with Crippen LogP contribution >= 0.6 is 0 Å². The second kappa shape index (κ2) is 5.35. The van der Waals surface area contributed by atoms with E-state index in [1.165, 1.54) is 12.0 Å². The number of aromatic nitrogens is 3. The first kappa shape index (κ1) is 13.7. The molecule has 0 saturated heterocycles. The number of rotatable bonds is 5. The average Bonchev–Trinajstić information content (AvgIpc) is 3.15. The zero-order chi connectivity index (χ0) is 15.0. The Morgan fingerprint density at radius 1 is 1.41 bits per heavy atom. The van der Waals surface area contributed by atoms with E-state index in [0.29, 0.717) is 5.89 Å². The molecule has 6 heteroatoms.